The van der Waals surface area contributed by atoms with E-state index in [0.29, 0.717) is 36.6 Å². The average molecular weight is 297 g/mol. The largest absolute Gasteiger partial charge is 0.478 e. The molecule has 0 saturated carbocycles. The van der Waals surface area contributed by atoms with Gasteiger partial charge in [-0.3, -0.25) is 5.10 Å². The van der Waals surface area contributed by atoms with E-state index in [0.717, 1.165) is 16.6 Å². The van der Waals surface area contributed by atoms with Crippen LogP contribution in [0.5, 0.6) is 5.88 Å². The zero-order valence-corrected chi connectivity index (χ0v) is 12.0. The minimum Gasteiger partial charge on any atom is -0.478 e. The van der Waals surface area contributed by atoms with Gasteiger partial charge in [0.15, 0.2) is 11.6 Å². The summed E-state index contributed by atoms with van der Waals surface area (Å²) in [6.45, 7) is 1.37. The maximum absolute atomic E-state index is 5.29. The van der Waals surface area contributed by atoms with Crippen molar-refractivity contribution in [2.24, 2.45) is 0 Å². The van der Waals surface area contributed by atoms with Crippen molar-refractivity contribution in [3.8, 4) is 5.88 Å². The highest BCUT2D eigenvalue weighted by atomic mass is 16.5. The van der Waals surface area contributed by atoms with Gasteiger partial charge in [0, 0.05) is 11.3 Å². The lowest BCUT2D eigenvalue weighted by Gasteiger charge is -2.25. The zero-order valence-electron chi connectivity index (χ0n) is 12.0. The van der Waals surface area contributed by atoms with E-state index in [1.54, 1.807) is 13.3 Å². The predicted octanol–water partition coefficient (Wildman–Crippen LogP) is 2.22. The molecule has 0 amide bonds. The first-order valence-electron chi connectivity index (χ1n) is 7.04. The predicted molar refractivity (Wildman–Crippen MR) is 81.5 cm³/mol. The molecule has 1 aromatic carbocycles. The number of ether oxygens (including phenoxy) is 2. The van der Waals surface area contributed by atoms with E-state index in [9.17, 15) is 0 Å². The second kappa shape index (κ2) is 5.27. The van der Waals surface area contributed by atoms with Gasteiger partial charge in [-0.15, -0.1) is 0 Å². The molecule has 0 bridgehead atoms. The monoisotopic (exact) mass is 297 g/mol. The highest BCUT2D eigenvalue weighted by Crippen LogP contribution is 2.30. The molecular weight excluding hydrogens is 282 g/mol. The fourth-order valence-electron chi connectivity index (χ4n) is 2.40. The number of aromatic nitrogens is 4. The van der Waals surface area contributed by atoms with Crippen molar-refractivity contribution in [2.75, 3.05) is 25.6 Å². The summed E-state index contributed by atoms with van der Waals surface area (Å²) in [5.41, 5.74) is 1.86. The molecular formula is C15H15N5O2. The summed E-state index contributed by atoms with van der Waals surface area (Å²) in [4.78, 5) is 8.93. The number of hydrogen-bond acceptors (Lipinski definition) is 6. The Hall–Kier alpha value is -2.67. The summed E-state index contributed by atoms with van der Waals surface area (Å²) in [5, 5.41) is 11.5. The number of fused-ring (bicyclic) bond motifs is 1. The van der Waals surface area contributed by atoms with E-state index < -0.39 is 0 Å². The number of nitrogens with zero attached hydrogens (tertiary/aromatic N) is 3. The van der Waals surface area contributed by atoms with Gasteiger partial charge in [-0.05, 0) is 12.1 Å². The highest BCUT2D eigenvalue weighted by Gasteiger charge is 2.24. The Morgan fingerprint density at radius 1 is 1.27 bits per heavy atom. The Morgan fingerprint density at radius 2 is 2.14 bits per heavy atom. The van der Waals surface area contributed by atoms with Gasteiger partial charge in [0.2, 0.25) is 0 Å². The fourth-order valence-corrected chi connectivity index (χ4v) is 2.40. The Balaban J connectivity index is 1.71. The maximum Gasteiger partial charge on any atom is 0.257 e. The highest BCUT2D eigenvalue weighted by molar-refractivity contribution is 5.91. The fraction of sp³-hybridized carbons (Fsp3) is 0.267. The minimum atomic E-state index is 0.301. The number of rotatable bonds is 4. The van der Waals surface area contributed by atoms with Crippen LogP contribution in [0.3, 0.4) is 0 Å². The van der Waals surface area contributed by atoms with Crippen molar-refractivity contribution in [1.29, 1.82) is 0 Å². The molecule has 1 saturated heterocycles. The SMILES string of the molecule is COc1ncc(C2COC2)nc1Nc1n[nH]c2ccccc12. The van der Waals surface area contributed by atoms with E-state index in [-0.39, 0.29) is 0 Å². The average Bonchev–Trinajstić information content (AvgIpc) is 2.89. The summed E-state index contributed by atoms with van der Waals surface area (Å²) in [6, 6.07) is 7.89. The molecule has 0 radical (unpaired) electrons. The van der Waals surface area contributed by atoms with Crippen molar-refractivity contribution in [3.05, 3.63) is 36.2 Å². The van der Waals surface area contributed by atoms with Crippen LogP contribution in [0.15, 0.2) is 30.5 Å². The van der Waals surface area contributed by atoms with Crippen LogP contribution in [0.1, 0.15) is 11.6 Å². The third kappa shape index (κ3) is 2.15. The lowest BCUT2D eigenvalue weighted by Crippen LogP contribution is -2.26. The van der Waals surface area contributed by atoms with Crippen molar-refractivity contribution >= 4 is 22.5 Å². The summed E-state index contributed by atoms with van der Waals surface area (Å²) >= 11 is 0. The molecule has 1 aliphatic heterocycles. The zero-order chi connectivity index (χ0) is 14.9. The van der Waals surface area contributed by atoms with Gasteiger partial charge in [0.05, 0.1) is 37.7 Å². The molecule has 2 aromatic heterocycles. The molecule has 7 heteroatoms. The van der Waals surface area contributed by atoms with E-state index >= 15 is 0 Å². The minimum absolute atomic E-state index is 0.301. The molecule has 7 nitrogen and oxygen atoms in total. The molecule has 0 unspecified atom stereocenters. The number of para-hydroxylation sites is 1. The number of methoxy groups -OCH3 is 1. The number of hydrogen-bond donors (Lipinski definition) is 2. The van der Waals surface area contributed by atoms with Crippen LogP contribution in [0.2, 0.25) is 0 Å². The lowest BCUT2D eigenvalue weighted by atomic mass is 10.1. The van der Waals surface area contributed by atoms with Crippen LogP contribution >= 0.6 is 0 Å². The Morgan fingerprint density at radius 3 is 2.91 bits per heavy atom. The number of nitrogens with one attached hydrogen (secondary N) is 2. The molecule has 0 spiro atoms. The van der Waals surface area contributed by atoms with Gasteiger partial charge in [-0.1, -0.05) is 12.1 Å². The lowest BCUT2D eigenvalue weighted by molar-refractivity contribution is 0.00658. The molecule has 2 N–H and O–H groups in total. The molecule has 1 fully saturated rings. The topological polar surface area (TPSA) is 84.9 Å². The van der Waals surface area contributed by atoms with Gasteiger partial charge in [-0.25, -0.2) is 9.97 Å². The van der Waals surface area contributed by atoms with Crippen LogP contribution in [-0.4, -0.2) is 40.5 Å². The second-order valence-electron chi connectivity index (χ2n) is 5.13. The number of aromatic amines is 1. The van der Waals surface area contributed by atoms with Gasteiger partial charge >= 0.3 is 0 Å². The van der Waals surface area contributed by atoms with E-state index in [1.165, 1.54) is 0 Å². The quantitative estimate of drug-likeness (QED) is 0.768. The molecule has 3 heterocycles. The van der Waals surface area contributed by atoms with Crippen molar-refractivity contribution in [2.45, 2.75) is 5.92 Å². The maximum atomic E-state index is 5.29. The van der Waals surface area contributed by atoms with Crippen LogP contribution in [0.25, 0.3) is 10.9 Å². The first-order valence-corrected chi connectivity index (χ1v) is 7.04. The molecule has 22 heavy (non-hydrogen) atoms. The number of H-pyrrole nitrogens is 1. The third-order valence-electron chi connectivity index (χ3n) is 3.71. The molecule has 0 aliphatic carbocycles. The van der Waals surface area contributed by atoms with E-state index in [1.807, 2.05) is 24.3 Å². The van der Waals surface area contributed by atoms with Crippen LogP contribution in [0.4, 0.5) is 11.6 Å². The summed E-state index contributed by atoms with van der Waals surface area (Å²) < 4.78 is 10.5. The summed E-state index contributed by atoms with van der Waals surface area (Å²) in [6.07, 6.45) is 1.74. The number of anilines is 2. The van der Waals surface area contributed by atoms with Crippen molar-refractivity contribution in [1.82, 2.24) is 20.2 Å². The first kappa shape index (κ1) is 13.0. The Kier molecular flexibility index (Phi) is 3.12. The Labute approximate surface area is 126 Å². The van der Waals surface area contributed by atoms with Gasteiger partial charge in [0.25, 0.3) is 5.88 Å². The smallest absolute Gasteiger partial charge is 0.257 e. The first-order chi connectivity index (χ1) is 10.8. The molecule has 112 valence electrons. The van der Waals surface area contributed by atoms with Crippen molar-refractivity contribution in [3.63, 3.8) is 0 Å². The normalized spacial score (nSPS) is 14.8. The standard InChI is InChI=1S/C15H15N5O2/c1-21-15-14(17-12(6-16-15)9-7-22-8-9)18-13-10-4-2-3-5-11(10)19-20-13/h2-6,9H,7-8H2,1H3,(H2,17,18,19,20). The van der Waals surface area contributed by atoms with Crippen LogP contribution in [-0.2, 0) is 4.74 Å². The molecule has 4 rings (SSSR count). The van der Waals surface area contributed by atoms with E-state index in [2.05, 4.69) is 25.5 Å². The van der Waals surface area contributed by atoms with Gasteiger partial charge < -0.3 is 14.8 Å². The van der Waals surface area contributed by atoms with Crippen LogP contribution in [0, 0.1) is 0 Å². The molecule has 0 atom stereocenters. The van der Waals surface area contributed by atoms with Gasteiger partial charge in [-0.2, -0.15) is 5.10 Å². The molecule has 3 aromatic rings. The Bertz CT molecular complexity index is 813. The summed E-state index contributed by atoms with van der Waals surface area (Å²) in [7, 11) is 1.57. The number of benzene rings is 1. The van der Waals surface area contributed by atoms with Crippen LogP contribution < -0.4 is 10.1 Å². The third-order valence-corrected chi connectivity index (χ3v) is 3.71. The van der Waals surface area contributed by atoms with Gasteiger partial charge in [0.1, 0.15) is 0 Å². The van der Waals surface area contributed by atoms with E-state index in [4.69, 9.17) is 9.47 Å². The summed E-state index contributed by atoms with van der Waals surface area (Å²) in [5.74, 6) is 2.00. The van der Waals surface area contributed by atoms with Crippen molar-refractivity contribution < 1.29 is 9.47 Å². The molecule has 1 aliphatic rings. The second-order valence-corrected chi connectivity index (χ2v) is 5.13.